The van der Waals surface area contributed by atoms with Gasteiger partial charge in [-0.15, -0.1) is 6.58 Å². The number of benzene rings is 1. The zero-order valence-corrected chi connectivity index (χ0v) is 16.9. The minimum atomic E-state index is -0.767. The lowest BCUT2D eigenvalue weighted by Gasteiger charge is -2.12. The van der Waals surface area contributed by atoms with E-state index < -0.39 is 24.5 Å². The molecule has 1 aromatic carbocycles. The monoisotopic (exact) mass is 417 g/mol. The predicted octanol–water partition coefficient (Wildman–Crippen LogP) is 2.05. The third kappa shape index (κ3) is 6.09. The Morgan fingerprint density at radius 1 is 1.23 bits per heavy atom. The number of methoxy groups -OCH3 is 1. The van der Waals surface area contributed by atoms with Crippen LogP contribution in [0.1, 0.15) is 27.4 Å². The summed E-state index contributed by atoms with van der Waals surface area (Å²) in [5.74, 6) is -0.151. The van der Waals surface area contributed by atoms with Gasteiger partial charge in [0.05, 0.1) is 23.9 Å². The van der Waals surface area contributed by atoms with Gasteiger partial charge in [-0.25, -0.2) is 9.59 Å². The molecule has 1 heterocycles. The Morgan fingerprint density at radius 2 is 2.00 bits per heavy atom. The molecule has 3 amide bonds. The zero-order chi connectivity index (χ0) is 22.1. The third-order valence-electron chi connectivity index (χ3n) is 3.95. The highest BCUT2D eigenvalue weighted by Gasteiger charge is 2.16. The standard InChI is InChI=1S/C20H23N3O7/c1-5-8-21-20(26)22-18(24)11-29-19(25)14-6-7-16(17(9-14)27-4)28-10-15-12(2)23-30-13(15)3/h5-7,9H,1,8,10-11H2,2-4H3,(H2,21,22,24,26). The summed E-state index contributed by atoms with van der Waals surface area (Å²) >= 11 is 0. The van der Waals surface area contributed by atoms with Crippen LogP contribution in [-0.4, -0.2) is 43.3 Å². The van der Waals surface area contributed by atoms with Crippen LogP contribution in [-0.2, 0) is 16.1 Å². The normalized spacial score (nSPS) is 10.1. The minimum Gasteiger partial charge on any atom is -0.493 e. The molecule has 0 bridgehead atoms. The number of imide groups is 1. The fourth-order valence-corrected chi connectivity index (χ4v) is 2.36. The third-order valence-corrected chi connectivity index (χ3v) is 3.95. The van der Waals surface area contributed by atoms with Gasteiger partial charge in [0.2, 0.25) is 0 Å². The number of carbonyl (C=O) groups is 3. The van der Waals surface area contributed by atoms with Crippen molar-refractivity contribution < 1.29 is 33.1 Å². The first-order chi connectivity index (χ1) is 14.3. The van der Waals surface area contributed by atoms with Crippen molar-refractivity contribution in [1.29, 1.82) is 0 Å². The highest BCUT2D eigenvalue weighted by Crippen LogP contribution is 2.29. The lowest BCUT2D eigenvalue weighted by atomic mass is 10.2. The van der Waals surface area contributed by atoms with Crippen LogP contribution in [0.4, 0.5) is 4.79 Å². The van der Waals surface area contributed by atoms with Crippen LogP contribution in [0, 0.1) is 13.8 Å². The van der Waals surface area contributed by atoms with Gasteiger partial charge < -0.3 is 24.1 Å². The maximum atomic E-state index is 12.2. The molecule has 2 aromatic rings. The summed E-state index contributed by atoms with van der Waals surface area (Å²) in [7, 11) is 1.43. The second kappa shape index (κ2) is 10.6. The van der Waals surface area contributed by atoms with Crippen LogP contribution in [0.5, 0.6) is 11.5 Å². The van der Waals surface area contributed by atoms with Crippen molar-refractivity contribution in [2.75, 3.05) is 20.3 Å². The second-order valence-electron chi connectivity index (χ2n) is 6.08. The Balaban J connectivity index is 1.94. The number of amides is 3. The number of carbonyl (C=O) groups excluding carboxylic acids is 3. The van der Waals surface area contributed by atoms with Gasteiger partial charge in [0.25, 0.3) is 5.91 Å². The van der Waals surface area contributed by atoms with Crippen LogP contribution in [0.2, 0.25) is 0 Å². The summed E-state index contributed by atoms with van der Waals surface area (Å²) in [5.41, 5.74) is 1.70. The number of rotatable bonds is 9. The average molecular weight is 417 g/mol. The molecule has 0 saturated carbocycles. The molecule has 10 heteroatoms. The van der Waals surface area contributed by atoms with Crippen LogP contribution in [0.25, 0.3) is 0 Å². The molecule has 0 radical (unpaired) electrons. The van der Waals surface area contributed by atoms with Crippen molar-refractivity contribution in [2.45, 2.75) is 20.5 Å². The van der Waals surface area contributed by atoms with Gasteiger partial charge in [0.15, 0.2) is 18.1 Å². The molecule has 2 N–H and O–H groups in total. The van der Waals surface area contributed by atoms with Crippen LogP contribution in [0.15, 0.2) is 35.4 Å². The minimum absolute atomic E-state index is 0.153. The maximum absolute atomic E-state index is 12.2. The predicted molar refractivity (Wildman–Crippen MR) is 105 cm³/mol. The van der Waals surface area contributed by atoms with E-state index in [9.17, 15) is 14.4 Å². The first-order valence-corrected chi connectivity index (χ1v) is 8.94. The SMILES string of the molecule is C=CCNC(=O)NC(=O)COC(=O)c1ccc(OCc2c(C)noc2C)c(OC)c1. The highest BCUT2D eigenvalue weighted by atomic mass is 16.5. The first-order valence-electron chi connectivity index (χ1n) is 8.94. The lowest BCUT2D eigenvalue weighted by Crippen LogP contribution is -2.41. The van der Waals surface area contributed by atoms with E-state index in [0.29, 0.717) is 17.3 Å². The summed E-state index contributed by atoms with van der Waals surface area (Å²) in [5, 5.41) is 8.25. The van der Waals surface area contributed by atoms with Crippen molar-refractivity contribution >= 4 is 17.9 Å². The Labute approximate surface area is 173 Å². The molecule has 0 fully saturated rings. The summed E-state index contributed by atoms with van der Waals surface area (Å²) < 4.78 is 21.0. The average Bonchev–Trinajstić information content (AvgIpc) is 3.06. The number of aryl methyl sites for hydroxylation is 2. The number of ether oxygens (including phenoxy) is 3. The van der Waals surface area contributed by atoms with E-state index in [0.717, 1.165) is 11.3 Å². The number of esters is 1. The highest BCUT2D eigenvalue weighted by molar-refractivity contribution is 5.97. The van der Waals surface area contributed by atoms with Gasteiger partial charge >= 0.3 is 12.0 Å². The molecule has 0 aliphatic heterocycles. The fraction of sp³-hybridized carbons (Fsp3) is 0.300. The summed E-state index contributed by atoms with van der Waals surface area (Å²) in [6.45, 7) is 6.83. The number of urea groups is 1. The van der Waals surface area contributed by atoms with E-state index in [1.54, 1.807) is 13.0 Å². The largest absolute Gasteiger partial charge is 0.493 e. The van der Waals surface area contributed by atoms with E-state index in [4.69, 9.17) is 18.7 Å². The van der Waals surface area contributed by atoms with Gasteiger partial charge in [0.1, 0.15) is 12.4 Å². The molecule has 2 rings (SSSR count). The smallest absolute Gasteiger partial charge is 0.338 e. The number of nitrogens with one attached hydrogen (secondary N) is 2. The number of hydrogen-bond acceptors (Lipinski definition) is 8. The topological polar surface area (TPSA) is 129 Å². The number of nitrogens with zero attached hydrogens (tertiary/aromatic N) is 1. The van der Waals surface area contributed by atoms with E-state index in [1.165, 1.54) is 25.3 Å². The van der Waals surface area contributed by atoms with Crippen molar-refractivity contribution in [3.8, 4) is 11.5 Å². The Bertz CT molecular complexity index is 917. The molecule has 0 atom stereocenters. The lowest BCUT2D eigenvalue weighted by molar-refractivity contribution is -0.123. The molecule has 0 aliphatic rings. The zero-order valence-electron chi connectivity index (χ0n) is 16.9. The summed E-state index contributed by atoms with van der Waals surface area (Å²) in [4.78, 5) is 35.2. The van der Waals surface area contributed by atoms with Crippen molar-refractivity contribution in [2.24, 2.45) is 0 Å². The molecule has 30 heavy (non-hydrogen) atoms. The van der Waals surface area contributed by atoms with Gasteiger partial charge in [-0.05, 0) is 32.0 Å². The van der Waals surface area contributed by atoms with E-state index in [1.807, 2.05) is 12.2 Å². The van der Waals surface area contributed by atoms with Gasteiger partial charge in [-0.1, -0.05) is 11.2 Å². The summed E-state index contributed by atoms with van der Waals surface area (Å²) in [6.07, 6.45) is 1.46. The van der Waals surface area contributed by atoms with Gasteiger partial charge in [-0.3, -0.25) is 10.1 Å². The van der Waals surface area contributed by atoms with Gasteiger partial charge in [-0.2, -0.15) is 0 Å². The molecular weight excluding hydrogens is 394 g/mol. The molecule has 10 nitrogen and oxygen atoms in total. The second-order valence-corrected chi connectivity index (χ2v) is 6.08. The maximum Gasteiger partial charge on any atom is 0.338 e. The Morgan fingerprint density at radius 3 is 2.63 bits per heavy atom. The molecule has 0 saturated heterocycles. The molecule has 0 unspecified atom stereocenters. The van der Waals surface area contributed by atoms with Crippen LogP contribution < -0.4 is 20.1 Å². The van der Waals surface area contributed by atoms with E-state index >= 15 is 0 Å². The first kappa shape index (κ1) is 22.5. The molecular formula is C20H23N3O7. The van der Waals surface area contributed by atoms with Crippen molar-refractivity contribution in [1.82, 2.24) is 15.8 Å². The molecule has 160 valence electrons. The van der Waals surface area contributed by atoms with E-state index in [-0.39, 0.29) is 18.7 Å². The molecule has 0 spiro atoms. The Hall–Kier alpha value is -3.82. The van der Waals surface area contributed by atoms with Crippen LogP contribution in [0.3, 0.4) is 0 Å². The number of hydrogen-bond donors (Lipinski definition) is 2. The van der Waals surface area contributed by atoms with Gasteiger partial charge in [0, 0.05) is 6.54 Å². The van der Waals surface area contributed by atoms with Crippen LogP contribution >= 0.6 is 0 Å². The van der Waals surface area contributed by atoms with Crippen molar-refractivity contribution in [3.63, 3.8) is 0 Å². The molecule has 1 aromatic heterocycles. The quantitative estimate of drug-likeness (QED) is 0.468. The Kier molecular flexibility index (Phi) is 7.98. The fourth-order valence-electron chi connectivity index (χ4n) is 2.36. The summed E-state index contributed by atoms with van der Waals surface area (Å²) in [6, 6.07) is 3.75. The number of aromatic nitrogens is 1. The molecule has 0 aliphatic carbocycles. The van der Waals surface area contributed by atoms with E-state index in [2.05, 4.69) is 17.1 Å². The van der Waals surface area contributed by atoms with Crippen molar-refractivity contribution in [3.05, 3.63) is 53.4 Å².